The fourth-order valence-electron chi connectivity index (χ4n) is 2.01. The van der Waals surface area contributed by atoms with Crippen molar-refractivity contribution in [1.82, 2.24) is 14.1 Å². The summed E-state index contributed by atoms with van der Waals surface area (Å²) in [4.78, 5) is 11.8. The summed E-state index contributed by atoms with van der Waals surface area (Å²) in [5, 5.41) is 3.49. The molecule has 2 aromatic rings. The Balaban J connectivity index is 2.35. The Morgan fingerprint density at radius 1 is 1.33 bits per heavy atom. The lowest BCUT2D eigenvalue weighted by atomic mass is 10.1. The Hall–Kier alpha value is -1.58. The standard InChI is InChI=1S/C14H12ClF4N3OS/c1-21-12(23)6-9(7-20-21)24-22(2)13(14(17,18)19)8-3-4-10(15)11(16)5-8/h3-7,13H,1-2H3/t13-/m1/s1. The molecule has 1 aromatic carbocycles. The summed E-state index contributed by atoms with van der Waals surface area (Å²) in [7, 11) is 2.63. The summed E-state index contributed by atoms with van der Waals surface area (Å²) >= 11 is 6.21. The maximum absolute atomic E-state index is 13.5. The van der Waals surface area contributed by atoms with Gasteiger partial charge in [-0.25, -0.2) is 13.4 Å². The van der Waals surface area contributed by atoms with Gasteiger partial charge in [0.2, 0.25) is 0 Å². The largest absolute Gasteiger partial charge is 0.408 e. The number of benzene rings is 1. The summed E-state index contributed by atoms with van der Waals surface area (Å²) in [5.74, 6) is -0.933. The van der Waals surface area contributed by atoms with E-state index in [1.165, 1.54) is 26.4 Å². The third kappa shape index (κ3) is 4.28. The van der Waals surface area contributed by atoms with Crippen molar-refractivity contribution < 1.29 is 17.6 Å². The molecule has 0 saturated heterocycles. The first-order valence-electron chi connectivity index (χ1n) is 6.55. The van der Waals surface area contributed by atoms with E-state index in [4.69, 9.17) is 11.6 Å². The Morgan fingerprint density at radius 2 is 2.00 bits per heavy atom. The van der Waals surface area contributed by atoms with Crippen molar-refractivity contribution >= 4 is 23.5 Å². The molecule has 0 bridgehead atoms. The van der Waals surface area contributed by atoms with Crippen LogP contribution in [0.1, 0.15) is 11.6 Å². The second kappa shape index (κ2) is 7.12. The van der Waals surface area contributed by atoms with Crippen LogP contribution in [0.25, 0.3) is 0 Å². The molecule has 0 aliphatic carbocycles. The van der Waals surface area contributed by atoms with E-state index in [-0.39, 0.29) is 15.5 Å². The first-order valence-corrected chi connectivity index (χ1v) is 7.70. The summed E-state index contributed by atoms with van der Waals surface area (Å²) in [6.07, 6.45) is -3.38. The topological polar surface area (TPSA) is 38.1 Å². The summed E-state index contributed by atoms with van der Waals surface area (Å²) in [6, 6.07) is 2.02. The molecule has 2 rings (SSSR count). The predicted molar refractivity (Wildman–Crippen MR) is 83.3 cm³/mol. The van der Waals surface area contributed by atoms with E-state index < -0.39 is 23.6 Å². The van der Waals surface area contributed by atoms with E-state index >= 15 is 0 Å². The Morgan fingerprint density at radius 3 is 2.54 bits per heavy atom. The zero-order chi connectivity index (χ0) is 18.1. The van der Waals surface area contributed by atoms with Crippen LogP contribution in [-0.4, -0.2) is 27.3 Å². The number of rotatable bonds is 4. The molecule has 0 spiro atoms. The normalized spacial score (nSPS) is 13.3. The lowest BCUT2D eigenvalue weighted by Gasteiger charge is -2.29. The van der Waals surface area contributed by atoms with Crippen molar-refractivity contribution in [3.05, 3.63) is 57.2 Å². The van der Waals surface area contributed by atoms with Gasteiger partial charge < -0.3 is 0 Å². The summed E-state index contributed by atoms with van der Waals surface area (Å²) in [5.41, 5.74) is -0.745. The molecule has 0 aliphatic heterocycles. The molecular formula is C14H12ClF4N3OS. The van der Waals surface area contributed by atoms with Gasteiger partial charge in [0.15, 0.2) is 0 Å². The van der Waals surface area contributed by atoms with Crippen molar-refractivity contribution in [2.75, 3.05) is 7.05 Å². The van der Waals surface area contributed by atoms with Crippen LogP contribution in [-0.2, 0) is 7.05 Å². The van der Waals surface area contributed by atoms with Gasteiger partial charge in [0.25, 0.3) is 5.56 Å². The van der Waals surface area contributed by atoms with E-state index in [0.717, 1.165) is 27.2 Å². The number of halogens is 5. The molecule has 0 amide bonds. The van der Waals surface area contributed by atoms with Gasteiger partial charge in [0.05, 0.1) is 11.2 Å². The summed E-state index contributed by atoms with van der Waals surface area (Å²) in [6.45, 7) is 0. The van der Waals surface area contributed by atoms with Crippen LogP contribution in [0, 0.1) is 5.82 Å². The van der Waals surface area contributed by atoms with E-state index in [1.54, 1.807) is 0 Å². The molecule has 0 saturated carbocycles. The van der Waals surface area contributed by atoms with Gasteiger partial charge in [-0.15, -0.1) is 0 Å². The van der Waals surface area contributed by atoms with E-state index in [9.17, 15) is 22.4 Å². The minimum Gasteiger partial charge on any atom is -0.268 e. The van der Waals surface area contributed by atoms with Crippen LogP contribution < -0.4 is 5.56 Å². The number of aryl methyl sites for hydroxylation is 1. The predicted octanol–water partition coefficient (Wildman–Crippen LogP) is 3.82. The Kier molecular flexibility index (Phi) is 5.56. The minimum absolute atomic E-state index is 0.240. The zero-order valence-electron chi connectivity index (χ0n) is 12.5. The highest BCUT2D eigenvalue weighted by molar-refractivity contribution is 7.97. The van der Waals surface area contributed by atoms with Gasteiger partial charge in [-0.2, -0.15) is 18.3 Å². The van der Waals surface area contributed by atoms with Crippen molar-refractivity contribution in [2.24, 2.45) is 7.05 Å². The molecule has 0 radical (unpaired) electrons. The number of hydrogen-bond acceptors (Lipinski definition) is 4. The molecular weight excluding hydrogens is 370 g/mol. The van der Waals surface area contributed by atoms with E-state index in [1.807, 2.05) is 0 Å². The van der Waals surface area contributed by atoms with Crippen LogP contribution in [0.5, 0.6) is 0 Å². The maximum Gasteiger partial charge on any atom is 0.408 e. The van der Waals surface area contributed by atoms with Crippen molar-refractivity contribution in [2.45, 2.75) is 17.1 Å². The first kappa shape index (κ1) is 18.8. The summed E-state index contributed by atoms with van der Waals surface area (Å²) < 4.78 is 55.8. The van der Waals surface area contributed by atoms with E-state index in [0.29, 0.717) is 11.9 Å². The van der Waals surface area contributed by atoms with Crippen LogP contribution >= 0.6 is 23.5 Å². The van der Waals surface area contributed by atoms with Crippen LogP contribution in [0.4, 0.5) is 17.6 Å². The number of nitrogens with zero attached hydrogens (tertiary/aromatic N) is 3. The highest BCUT2D eigenvalue weighted by Gasteiger charge is 2.44. The van der Waals surface area contributed by atoms with Crippen molar-refractivity contribution in [3.63, 3.8) is 0 Å². The lowest BCUT2D eigenvalue weighted by Crippen LogP contribution is -2.32. The SMILES string of the molecule is CN(Sc1cnn(C)c(=O)c1)[C@H](c1ccc(Cl)c(F)c1)C(F)(F)F. The van der Waals surface area contributed by atoms with Crippen molar-refractivity contribution in [3.8, 4) is 0 Å². The average molecular weight is 382 g/mol. The molecule has 1 atom stereocenters. The second-order valence-electron chi connectivity index (χ2n) is 4.91. The molecule has 0 unspecified atom stereocenters. The lowest BCUT2D eigenvalue weighted by molar-refractivity contribution is -0.169. The van der Waals surface area contributed by atoms with Crippen molar-refractivity contribution in [1.29, 1.82) is 0 Å². The zero-order valence-corrected chi connectivity index (χ0v) is 14.1. The number of aromatic nitrogens is 2. The van der Waals surface area contributed by atoms with Gasteiger partial charge in [-0.05, 0) is 36.7 Å². The molecule has 10 heteroatoms. The fraction of sp³-hybridized carbons (Fsp3) is 0.286. The Bertz CT molecular complexity index is 796. The average Bonchev–Trinajstić information content (AvgIpc) is 2.45. The highest BCUT2D eigenvalue weighted by Crippen LogP contribution is 2.42. The third-order valence-electron chi connectivity index (χ3n) is 3.13. The molecule has 24 heavy (non-hydrogen) atoms. The monoisotopic (exact) mass is 381 g/mol. The van der Waals surface area contributed by atoms with Crippen LogP contribution in [0.2, 0.25) is 5.02 Å². The Labute approximate surface area is 144 Å². The van der Waals surface area contributed by atoms with Gasteiger partial charge in [-0.1, -0.05) is 17.7 Å². The molecule has 0 N–H and O–H groups in total. The molecule has 1 heterocycles. The second-order valence-corrected chi connectivity index (χ2v) is 6.55. The molecule has 0 fully saturated rings. The van der Waals surface area contributed by atoms with E-state index in [2.05, 4.69) is 5.10 Å². The molecule has 0 aliphatic rings. The molecule has 130 valence electrons. The number of hydrogen-bond donors (Lipinski definition) is 0. The smallest absolute Gasteiger partial charge is 0.268 e. The maximum atomic E-state index is 13.5. The first-order chi connectivity index (χ1) is 11.1. The van der Waals surface area contributed by atoms with Crippen LogP contribution in [0.3, 0.4) is 0 Å². The van der Waals surface area contributed by atoms with Gasteiger partial charge in [-0.3, -0.25) is 4.79 Å². The molecule has 4 nitrogen and oxygen atoms in total. The van der Waals surface area contributed by atoms with Gasteiger partial charge in [0, 0.05) is 18.0 Å². The van der Waals surface area contributed by atoms with Gasteiger partial charge >= 0.3 is 6.18 Å². The highest BCUT2D eigenvalue weighted by atomic mass is 35.5. The van der Waals surface area contributed by atoms with Gasteiger partial charge in [0.1, 0.15) is 11.9 Å². The molecule has 1 aromatic heterocycles. The third-order valence-corrected chi connectivity index (χ3v) is 4.36. The number of alkyl halides is 3. The van der Waals surface area contributed by atoms with Crippen LogP contribution in [0.15, 0.2) is 40.2 Å². The quantitative estimate of drug-likeness (QED) is 0.596. The minimum atomic E-state index is -4.66. The fourth-order valence-corrected chi connectivity index (χ4v) is 3.05.